The number of amides is 3. The van der Waals surface area contributed by atoms with Crippen molar-refractivity contribution >= 4 is 17.7 Å². The summed E-state index contributed by atoms with van der Waals surface area (Å²) in [5.74, 6) is -5.34. The number of nitrogens with one attached hydrogen (secondary N) is 1. The predicted octanol–water partition coefficient (Wildman–Crippen LogP) is 3.50. The Morgan fingerprint density at radius 2 is 1.47 bits per heavy atom. The van der Waals surface area contributed by atoms with Crippen molar-refractivity contribution in [2.75, 3.05) is 0 Å². The molecule has 5 atom stereocenters. The molecule has 1 fully saturated rings. The number of nitrogens with zero attached hydrogens (tertiary/aromatic N) is 1. The summed E-state index contributed by atoms with van der Waals surface area (Å²) < 4.78 is 27.7. The Labute approximate surface area is 219 Å². The van der Waals surface area contributed by atoms with Crippen LogP contribution < -0.4 is 11.1 Å². The van der Waals surface area contributed by atoms with Crippen LogP contribution in [0.4, 0.5) is 8.78 Å². The van der Waals surface area contributed by atoms with Gasteiger partial charge in [-0.3, -0.25) is 19.3 Å². The van der Waals surface area contributed by atoms with Crippen LogP contribution in [-0.4, -0.2) is 39.8 Å². The molecule has 0 radical (unpaired) electrons. The second-order valence-corrected chi connectivity index (χ2v) is 9.45. The lowest BCUT2D eigenvalue weighted by atomic mass is 9.85. The van der Waals surface area contributed by atoms with Crippen LogP contribution in [0.1, 0.15) is 54.5 Å². The summed E-state index contributed by atoms with van der Waals surface area (Å²) >= 11 is 0. The minimum atomic E-state index is -2.11. The lowest BCUT2D eigenvalue weighted by Crippen LogP contribution is -2.58. The molecule has 4 rings (SSSR count). The molecule has 1 saturated heterocycles. The highest BCUT2D eigenvalue weighted by Gasteiger charge is 2.45. The quantitative estimate of drug-likeness (QED) is 0.460. The Balaban J connectivity index is 1.80. The Morgan fingerprint density at radius 1 is 0.921 bits per heavy atom. The molecule has 1 heterocycles. The van der Waals surface area contributed by atoms with Gasteiger partial charge in [-0.1, -0.05) is 60.7 Å². The predicted molar refractivity (Wildman–Crippen MR) is 136 cm³/mol. The third-order valence-electron chi connectivity index (χ3n) is 6.74. The second-order valence-electron chi connectivity index (χ2n) is 9.45. The maximum Gasteiger partial charge on any atom is 0.263 e. The lowest BCUT2D eigenvalue weighted by Gasteiger charge is -2.35. The van der Waals surface area contributed by atoms with Crippen LogP contribution in [0.5, 0.6) is 0 Å². The number of rotatable bonds is 6. The molecule has 0 bridgehead atoms. The van der Waals surface area contributed by atoms with Gasteiger partial charge in [0.25, 0.3) is 5.91 Å². The first kappa shape index (κ1) is 27.1. The molecule has 3 aromatic rings. The number of halogens is 2. The van der Waals surface area contributed by atoms with Crippen molar-refractivity contribution in [2.24, 2.45) is 5.73 Å². The zero-order valence-corrected chi connectivity index (χ0v) is 20.8. The zero-order chi connectivity index (χ0) is 27.4. The van der Waals surface area contributed by atoms with Gasteiger partial charge in [0.15, 0.2) is 6.10 Å². The summed E-state index contributed by atoms with van der Waals surface area (Å²) in [6.45, 7) is 1.36. The highest BCUT2D eigenvalue weighted by atomic mass is 19.1. The molecule has 38 heavy (non-hydrogen) atoms. The van der Waals surface area contributed by atoms with Crippen LogP contribution in [0.3, 0.4) is 0 Å². The van der Waals surface area contributed by atoms with E-state index in [0.29, 0.717) is 29.4 Å². The van der Waals surface area contributed by atoms with E-state index in [1.54, 1.807) is 30.3 Å². The summed E-state index contributed by atoms with van der Waals surface area (Å²) in [5.41, 5.74) is 7.06. The monoisotopic (exact) mass is 521 g/mol. The fraction of sp³-hybridized carbons (Fsp3) is 0.276. The number of hydrogen-bond acceptors (Lipinski definition) is 5. The maximum atomic E-state index is 13.9. The summed E-state index contributed by atoms with van der Waals surface area (Å²) in [6.07, 6.45) is -1.19. The first-order valence-corrected chi connectivity index (χ1v) is 12.3. The van der Waals surface area contributed by atoms with E-state index in [-0.39, 0.29) is 11.6 Å². The summed E-state index contributed by atoms with van der Waals surface area (Å²) in [5, 5.41) is 13.8. The van der Waals surface area contributed by atoms with Crippen molar-refractivity contribution in [3.8, 4) is 0 Å². The third-order valence-corrected chi connectivity index (χ3v) is 6.74. The molecule has 3 aromatic carbocycles. The average Bonchev–Trinajstić information content (AvgIpc) is 3.07. The number of carbonyl (C=O) groups is 3. The largest absolute Gasteiger partial charge is 0.378 e. The van der Waals surface area contributed by atoms with E-state index in [4.69, 9.17) is 5.73 Å². The molecule has 198 valence electrons. The van der Waals surface area contributed by atoms with Crippen LogP contribution in [0.25, 0.3) is 0 Å². The standard InChI is InChI=1S/C29H29F2N3O4/c1-17(32)28(37)34(29(38)26(35)20-14-21(30)16-22(31)15-20)25-23(18-8-4-2-5-9-18)12-13-24(33-27(25)36)19-10-6-3-7-11-19/h2-11,14-17,23-26,35H,12-13,32H2,1H3,(H,33,36)/t17-,23+,24+,25-,26+/m0/s1. The Bertz CT molecular complexity index is 1280. The van der Waals surface area contributed by atoms with Gasteiger partial charge in [-0.2, -0.15) is 0 Å². The number of aliphatic hydroxyl groups is 1. The van der Waals surface area contributed by atoms with Gasteiger partial charge < -0.3 is 16.2 Å². The number of imide groups is 1. The van der Waals surface area contributed by atoms with Crippen LogP contribution in [0.15, 0.2) is 78.9 Å². The number of nitrogens with two attached hydrogens (primary N) is 1. The van der Waals surface area contributed by atoms with E-state index < -0.39 is 53.5 Å². The van der Waals surface area contributed by atoms with Crippen molar-refractivity contribution in [3.05, 3.63) is 107 Å². The normalized spacial score (nSPS) is 21.1. The van der Waals surface area contributed by atoms with E-state index in [9.17, 15) is 28.3 Å². The van der Waals surface area contributed by atoms with Gasteiger partial charge in [-0.05, 0) is 48.6 Å². The van der Waals surface area contributed by atoms with Gasteiger partial charge in [-0.15, -0.1) is 0 Å². The van der Waals surface area contributed by atoms with Crippen LogP contribution >= 0.6 is 0 Å². The molecule has 1 aliphatic rings. The first-order valence-electron chi connectivity index (χ1n) is 12.3. The molecule has 7 nitrogen and oxygen atoms in total. The number of benzene rings is 3. The summed E-state index contributed by atoms with van der Waals surface area (Å²) in [4.78, 5) is 41.5. The fourth-order valence-electron chi connectivity index (χ4n) is 4.91. The van der Waals surface area contributed by atoms with Crippen molar-refractivity contribution < 1.29 is 28.3 Å². The van der Waals surface area contributed by atoms with E-state index in [0.717, 1.165) is 17.7 Å². The Morgan fingerprint density at radius 3 is 2.03 bits per heavy atom. The summed E-state index contributed by atoms with van der Waals surface area (Å²) in [7, 11) is 0. The molecule has 0 aliphatic carbocycles. The second kappa shape index (κ2) is 11.6. The minimum Gasteiger partial charge on any atom is -0.378 e. The molecule has 1 aliphatic heterocycles. The van der Waals surface area contributed by atoms with Crippen molar-refractivity contribution in [1.82, 2.24) is 10.2 Å². The number of hydrogen-bond donors (Lipinski definition) is 3. The van der Waals surface area contributed by atoms with Crippen molar-refractivity contribution in [2.45, 2.75) is 49.9 Å². The molecule has 9 heteroatoms. The zero-order valence-electron chi connectivity index (χ0n) is 20.8. The SMILES string of the molecule is C[C@H](N)C(=O)N(C(=O)[C@H](O)c1cc(F)cc(F)c1)[C@@H]1C(=O)N[C@@H](c2ccccc2)CC[C@@H]1c1ccccc1. The molecule has 3 amide bonds. The fourth-order valence-corrected chi connectivity index (χ4v) is 4.91. The molecule has 0 unspecified atom stereocenters. The van der Waals surface area contributed by atoms with E-state index >= 15 is 0 Å². The molecule has 0 spiro atoms. The molecular weight excluding hydrogens is 492 g/mol. The highest BCUT2D eigenvalue weighted by molar-refractivity contribution is 6.04. The van der Waals surface area contributed by atoms with E-state index in [1.165, 1.54) is 6.92 Å². The smallest absolute Gasteiger partial charge is 0.263 e. The van der Waals surface area contributed by atoms with E-state index in [1.807, 2.05) is 30.3 Å². The third kappa shape index (κ3) is 5.79. The maximum absolute atomic E-state index is 13.9. The van der Waals surface area contributed by atoms with Crippen LogP contribution in [0.2, 0.25) is 0 Å². The van der Waals surface area contributed by atoms with Gasteiger partial charge in [0, 0.05) is 12.0 Å². The Kier molecular flexibility index (Phi) is 8.29. The van der Waals surface area contributed by atoms with Crippen molar-refractivity contribution in [3.63, 3.8) is 0 Å². The molecule has 0 saturated carbocycles. The van der Waals surface area contributed by atoms with Gasteiger partial charge in [0.2, 0.25) is 11.8 Å². The molecule has 0 aromatic heterocycles. The number of aliphatic hydroxyl groups excluding tert-OH is 1. The van der Waals surface area contributed by atoms with Gasteiger partial charge in [0.1, 0.15) is 17.7 Å². The average molecular weight is 522 g/mol. The summed E-state index contributed by atoms with van der Waals surface area (Å²) in [6, 6.07) is 17.5. The first-order chi connectivity index (χ1) is 18.2. The van der Waals surface area contributed by atoms with Crippen LogP contribution in [-0.2, 0) is 14.4 Å². The highest BCUT2D eigenvalue weighted by Crippen LogP contribution is 2.36. The lowest BCUT2D eigenvalue weighted by molar-refractivity contribution is -0.158. The topological polar surface area (TPSA) is 113 Å². The molecular formula is C29H29F2N3O4. The van der Waals surface area contributed by atoms with E-state index in [2.05, 4.69) is 5.32 Å². The van der Waals surface area contributed by atoms with Crippen molar-refractivity contribution in [1.29, 1.82) is 0 Å². The van der Waals surface area contributed by atoms with Gasteiger partial charge >= 0.3 is 0 Å². The number of carbonyl (C=O) groups excluding carboxylic acids is 3. The van der Waals surface area contributed by atoms with Gasteiger partial charge in [0.05, 0.1) is 12.1 Å². The van der Waals surface area contributed by atoms with Crippen LogP contribution in [0, 0.1) is 11.6 Å². The Hall–Kier alpha value is -3.95. The molecule has 4 N–H and O–H groups in total. The van der Waals surface area contributed by atoms with Gasteiger partial charge in [-0.25, -0.2) is 8.78 Å². The minimum absolute atomic E-state index is 0.385.